The van der Waals surface area contributed by atoms with E-state index in [-0.39, 0.29) is 32.6 Å². The van der Waals surface area contributed by atoms with Crippen molar-refractivity contribution in [3.8, 4) is 0 Å². The molecule has 1 aromatic heterocycles. The van der Waals surface area contributed by atoms with Gasteiger partial charge in [-0.2, -0.15) is 0 Å². The van der Waals surface area contributed by atoms with Crippen molar-refractivity contribution in [2.24, 2.45) is 5.73 Å². The molecule has 59 heavy (non-hydrogen) atoms. The van der Waals surface area contributed by atoms with Crippen LogP contribution in [0.15, 0.2) is 77.3 Å². The molecule has 1 rings (SSSR count). The number of nitrogens with two attached hydrogens (primary N) is 1. The summed E-state index contributed by atoms with van der Waals surface area (Å²) in [6, 6.07) is 0. The number of esters is 2. The second-order valence-electron chi connectivity index (χ2n) is 14.6. The molecule has 1 aromatic rings. The van der Waals surface area contributed by atoms with Gasteiger partial charge in [0.2, 0.25) is 0 Å². The Morgan fingerprint density at radius 3 is 2.02 bits per heavy atom. The Labute approximate surface area is 355 Å². The number of hydrogen-bond donors (Lipinski definition) is 3. The maximum atomic E-state index is 12.6. The number of aliphatic hydroxyl groups excluding tert-OH is 1. The summed E-state index contributed by atoms with van der Waals surface area (Å²) in [5.41, 5.74) is 7.93. The van der Waals surface area contributed by atoms with Crippen LogP contribution in [0.5, 0.6) is 0 Å². The van der Waals surface area contributed by atoms with E-state index in [4.69, 9.17) is 28.7 Å². The minimum atomic E-state index is -4.43. The number of phosphoric acid groups is 1. The molecule has 12 heteroatoms. The molecule has 2 unspecified atom stereocenters. The molecule has 0 fully saturated rings. The van der Waals surface area contributed by atoms with E-state index in [0.29, 0.717) is 25.7 Å². The van der Waals surface area contributed by atoms with E-state index >= 15 is 0 Å². The molecular formula is C47H76NO10P. The monoisotopic (exact) mass is 846 g/mol. The first-order valence-corrected chi connectivity index (χ1v) is 23.4. The molecule has 0 aromatic carbocycles. The number of allylic oxidation sites excluding steroid dienone is 10. The second-order valence-corrected chi connectivity index (χ2v) is 16.1. The summed E-state index contributed by atoms with van der Waals surface area (Å²) < 4.78 is 38.9. The fraction of sp³-hybridized carbons (Fsp3) is 0.617. The SMILES string of the molecule is CC/C=C\C/C=C\CC(O)/C=C/C=C\C/C=C\C/C=C\CCC(=O)O[C@H](COC(=O)CCCCCCCCc1oc(CCCCC)c(C)c1C)COP(=O)(O)OCCN. The number of hydrogen-bond acceptors (Lipinski definition) is 10. The van der Waals surface area contributed by atoms with Crippen molar-refractivity contribution in [1.29, 1.82) is 0 Å². The second kappa shape index (κ2) is 35.4. The van der Waals surface area contributed by atoms with Crippen molar-refractivity contribution >= 4 is 19.8 Å². The number of ether oxygens (including phenoxy) is 2. The number of rotatable bonds is 36. The van der Waals surface area contributed by atoms with Gasteiger partial charge in [-0.05, 0) is 82.8 Å². The summed E-state index contributed by atoms with van der Waals surface area (Å²) in [5, 5.41) is 10.0. The van der Waals surface area contributed by atoms with Gasteiger partial charge in [-0.3, -0.25) is 18.6 Å². The Hall–Kier alpha value is -3.31. The lowest BCUT2D eigenvalue weighted by molar-refractivity contribution is -0.161. The third-order valence-electron chi connectivity index (χ3n) is 9.40. The van der Waals surface area contributed by atoms with Crippen molar-refractivity contribution in [2.75, 3.05) is 26.4 Å². The van der Waals surface area contributed by atoms with Crippen LogP contribution in [0.25, 0.3) is 0 Å². The van der Waals surface area contributed by atoms with E-state index in [2.05, 4.69) is 45.9 Å². The first-order valence-electron chi connectivity index (χ1n) is 21.9. The minimum Gasteiger partial charge on any atom is -0.466 e. The first-order chi connectivity index (χ1) is 28.5. The van der Waals surface area contributed by atoms with Gasteiger partial charge >= 0.3 is 19.8 Å². The number of carbonyl (C=O) groups is 2. The maximum absolute atomic E-state index is 12.6. The molecule has 0 saturated heterocycles. The van der Waals surface area contributed by atoms with Gasteiger partial charge in [0.25, 0.3) is 0 Å². The summed E-state index contributed by atoms with van der Waals surface area (Å²) in [6.45, 7) is 7.66. The molecule has 0 radical (unpaired) electrons. The lowest BCUT2D eigenvalue weighted by Gasteiger charge is -2.19. The van der Waals surface area contributed by atoms with Crippen molar-refractivity contribution in [3.63, 3.8) is 0 Å². The predicted octanol–water partition coefficient (Wildman–Crippen LogP) is 10.9. The van der Waals surface area contributed by atoms with E-state index in [1.165, 1.54) is 30.4 Å². The standard InChI is InChI=1S/C47H76NO10P/c1-5-7-9-10-19-25-30-42(49)31-26-20-15-13-11-12-14-16-23-29-35-47(51)57-43(39-56-59(52,53)55-37-36-48)38-54-46(50)34-28-22-18-17-21-27-33-45-41(4)40(3)44(58-45)32-24-8-6-2/h7,9,11-12,15-16,19-20,23,25-26,31,42-43,49H,5-6,8,10,13-14,17-18,21-22,24,27-30,32-39,48H2,1-4H3,(H,52,53)/b9-7-,12-11-,20-15-,23-16-,25-19-,31-26+/t42?,43-/m1/s1. The van der Waals surface area contributed by atoms with Crippen LogP contribution < -0.4 is 5.73 Å². The van der Waals surface area contributed by atoms with E-state index < -0.39 is 38.6 Å². The largest absolute Gasteiger partial charge is 0.472 e. The zero-order valence-corrected chi connectivity index (χ0v) is 37.4. The van der Waals surface area contributed by atoms with Crippen LogP contribution in [0, 0.1) is 13.8 Å². The number of aliphatic hydroxyl groups is 1. The summed E-state index contributed by atoms with van der Waals surface area (Å²) in [6.07, 6.45) is 38.1. The summed E-state index contributed by atoms with van der Waals surface area (Å²) >= 11 is 0. The molecule has 4 N–H and O–H groups in total. The highest BCUT2D eigenvalue weighted by Gasteiger charge is 2.26. The molecule has 0 amide bonds. The van der Waals surface area contributed by atoms with Crippen LogP contribution >= 0.6 is 7.82 Å². The number of unbranched alkanes of at least 4 members (excludes halogenated alkanes) is 7. The third kappa shape index (κ3) is 29.5. The van der Waals surface area contributed by atoms with Crippen LogP contribution in [-0.4, -0.2) is 60.5 Å². The minimum absolute atomic E-state index is 0.0223. The number of aryl methyl sites for hydroxylation is 2. The number of furan rings is 1. The van der Waals surface area contributed by atoms with Crippen molar-refractivity contribution in [1.82, 2.24) is 0 Å². The van der Waals surface area contributed by atoms with E-state index in [0.717, 1.165) is 75.7 Å². The Kier molecular flexibility index (Phi) is 32.3. The van der Waals surface area contributed by atoms with Gasteiger partial charge < -0.3 is 29.6 Å². The number of phosphoric ester groups is 1. The fourth-order valence-electron chi connectivity index (χ4n) is 5.86. The molecule has 0 saturated carbocycles. The smallest absolute Gasteiger partial charge is 0.466 e. The molecule has 1 heterocycles. The van der Waals surface area contributed by atoms with Gasteiger partial charge in [-0.15, -0.1) is 0 Å². The normalized spacial score (nSPS) is 14.5. The quantitative estimate of drug-likeness (QED) is 0.0193. The van der Waals surface area contributed by atoms with E-state index in [9.17, 15) is 24.2 Å². The highest BCUT2D eigenvalue weighted by Crippen LogP contribution is 2.43. The zero-order chi connectivity index (χ0) is 43.4. The topological polar surface area (TPSA) is 168 Å². The molecular weight excluding hydrogens is 769 g/mol. The zero-order valence-electron chi connectivity index (χ0n) is 36.5. The van der Waals surface area contributed by atoms with Gasteiger partial charge in [-0.1, -0.05) is 125 Å². The number of carbonyl (C=O) groups excluding carboxylic acids is 2. The molecule has 3 atom stereocenters. The van der Waals surface area contributed by atoms with Crippen LogP contribution in [0.3, 0.4) is 0 Å². The van der Waals surface area contributed by atoms with Gasteiger partial charge in [0.15, 0.2) is 6.10 Å². The molecule has 0 aliphatic carbocycles. The highest BCUT2D eigenvalue weighted by atomic mass is 31.2. The van der Waals surface area contributed by atoms with Crippen molar-refractivity contribution in [3.05, 3.63) is 95.6 Å². The lowest BCUT2D eigenvalue weighted by Crippen LogP contribution is -2.29. The van der Waals surface area contributed by atoms with Crippen LogP contribution in [-0.2, 0) is 45.5 Å². The van der Waals surface area contributed by atoms with E-state index in [1.54, 1.807) is 6.08 Å². The van der Waals surface area contributed by atoms with Gasteiger partial charge in [0.05, 0.1) is 19.3 Å². The fourth-order valence-corrected chi connectivity index (χ4v) is 6.63. The Morgan fingerprint density at radius 1 is 0.729 bits per heavy atom. The summed E-state index contributed by atoms with van der Waals surface area (Å²) in [5.74, 6) is 1.26. The average Bonchev–Trinajstić information content (AvgIpc) is 3.48. The average molecular weight is 846 g/mol. The van der Waals surface area contributed by atoms with Gasteiger partial charge in [0, 0.05) is 32.2 Å². The van der Waals surface area contributed by atoms with Crippen molar-refractivity contribution in [2.45, 2.75) is 162 Å². The van der Waals surface area contributed by atoms with Crippen LogP contribution in [0.2, 0.25) is 0 Å². The van der Waals surface area contributed by atoms with Gasteiger partial charge in [-0.25, -0.2) is 4.57 Å². The first kappa shape index (κ1) is 53.7. The van der Waals surface area contributed by atoms with E-state index in [1.807, 2.05) is 48.6 Å². The highest BCUT2D eigenvalue weighted by molar-refractivity contribution is 7.47. The molecule has 0 aliphatic rings. The lowest BCUT2D eigenvalue weighted by atomic mass is 10.0. The molecule has 0 spiro atoms. The molecule has 0 aliphatic heterocycles. The Bertz CT molecular complexity index is 1490. The Balaban J connectivity index is 2.37. The summed E-state index contributed by atoms with van der Waals surface area (Å²) in [4.78, 5) is 35.0. The van der Waals surface area contributed by atoms with Crippen molar-refractivity contribution < 1.29 is 47.1 Å². The molecule has 11 nitrogen and oxygen atoms in total. The maximum Gasteiger partial charge on any atom is 0.472 e. The van der Waals surface area contributed by atoms with Crippen LogP contribution in [0.1, 0.15) is 146 Å². The predicted molar refractivity (Wildman–Crippen MR) is 238 cm³/mol. The molecule has 0 bridgehead atoms. The van der Waals surface area contributed by atoms with Crippen LogP contribution in [0.4, 0.5) is 0 Å². The van der Waals surface area contributed by atoms with Gasteiger partial charge in [0.1, 0.15) is 18.1 Å². The third-order valence-corrected chi connectivity index (χ3v) is 10.4. The Morgan fingerprint density at radius 2 is 1.34 bits per heavy atom. The summed E-state index contributed by atoms with van der Waals surface area (Å²) in [7, 11) is -4.43. The molecule has 334 valence electrons.